The summed E-state index contributed by atoms with van der Waals surface area (Å²) in [6.07, 6.45) is 5.80. The summed E-state index contributed by atoms with van der Waals surface area (Å²) in [5.74, 6) is 0.643. The molecule has 142 valence electrons. The van der Waals surface area contributed by atoms with Crippen LogP contribution in [0.3, 0.4) is 0 Å². The molecule has 4 N–H and O–H groups in total. The van der Waals surface area contributed by atoms with Crippen molar-refractivity contribution < 1.29 is 9.13 Å². The maximum atomic E-state index is 14.8. The van der Waals surface area contributed by atoms with Crippen molar-refractivity contribution in [2.75, 3.05) is 5.32 Å². The molecule has 3 aromatic rings. The number of rotatable bonds is 5. The lowest BCUT2D eigenvalue weighted by atomic mass is 9.90. The molecule has 0 unspecified atom stereocenters. The van der Waals surface area contributed by atoms with E-state index < -0.39 is 5.82 Å². The van der Waals surface area contributed by atoms with Crippen LogP contribution in [0.2, 0.25) is 0 Å². The monoisotopic (exact) mass is 380 g/mol. The van der Waals surface area contributed by atoms with Gasteiger partial charge in [0.15, 0.2) is 17.3 Å². The summed E-state index contributed by atoms with van der Waals surface area (Å²) >= 11 is 0. The molecule has 1 aliphatic rings. The minimum absolute atomic E-state index is 0.0637. The van der Waals surface area contributed by atoms with E-state index in [1.807, 2.05) is 6.07 Å². The zero-order chi connectivity index (χ0) is 19.7. The molecule has 1 aliphatic carbocycles. The van der Waals surface area contributed by atoms with Crippen LogP contribution in [0, 0.1) is 24.1 Å². The molecule has 0 amide bonds. The highest BCUT2D eigenvalue weighted by Crippen LogP contribution is 2.36. The van der Waals surface area contributed by atoms with Gasteiger partial charge in [0, 0.05) is 12.1 Å². The smallest absolute Gasteiger partial charge is 0.158 e. The molecule has 0 aromatic carbocycles. The van der Waals surface area contributed by atoms with Crippen LogP contribution in [0.4, 0.5) is 16.0 Å². The third-order valence-electron chi connectivity index (χ3n) is 4.57. The van der Waals surface area contributed by atoms with E-state index in [0.29, 0.717) is 23.1 Å². The summed E-state index contributed by atoms with van der Waals surface area (Å²) in [5, 5.41) is 18.7. The number of nitrogens with zero attached hydrogens (tertiary/aromatic N) is 5. The first-order valence-corrected chi connectivity index (χ1v) is 8.67. The molecule has 1 saturated carbocycles. The molecule has 28 heavy (non-hydrogen) atoms. The number of aromatic amines is 1. The van der Waals surface area contributed by atoms with Gasteiger partial charge in [-0.15, -0.1) is 0 Å². The van der Waals surface area contributed by atoms with Crippen molar-refractivity contribution in [1.82, 2.24) is 25.1 Å². The summed E-state index contributed by atoms with van der Waals surface area (Å²) in [6, 6.07) is 3.46. The SMILES string of the molecule is Cc1ncc(O[C@@H]2CC[C@H]2N)c(-c2cc(Nc3cnc(C#N)cn3)n[nH]2)c1F. The van der Waals surface area contributed by atoms with E-state index in [1.54, 1.807) is 13.0 Å². The summed E-state index contributed by atoms with van der Waals surface area (Å²) in [5.41, 5.74) is 7.07. The molecule has 0 aliphatic heterocycles. The largest absolute Gasteiger partial charge is 0.486 e. The number of hydrogen-bond acceptors (Lipinski definition) is 8. The number of H-pyrrole nitrogens is 1. The minimum Gasteiger partial charge on any atom is -0.486 e. The number of halogens is 1. The molecule has 1 fully saturated rings. The van der Waals surface area contributed by atoms with Gasteiger partial charge in [-0.25, -0.2) is 14.4 Å². The third kappa shape index (κ3) is 3.35. The number of nitrogens with two attached hydrogens (primary N) is 1. The minimum atomic E-state index is -0.487. The lowest BCUT2D eigenvalue weighted by Crippen LogP contribution is -2.47. The number of aromatic nitrogens is 5. The normalized spacial score (nSPS) is 18.2. The summed E-state index contributed by atoms with van der Waals surface area (Å²) in [6.45, 7) is 1.58. The molecule has 3 aromatic heterocycles. The van der Waals surface area contributed by atoms with E-state index in [1.165, 1.54) is 18.6 Å². The Morgan fingerprint density at radius 1 is 1.25 bits per heavy atom. The first-order valence-electron chi connectivity index (χ1n) is 8.67. The second-order valence-electron chi connectivity index (χ2n) is 6.48. The van der Waals surface area contributed by atoms with Gasteiger partial charge in [0.1, 0.15) is 23.7 Å². The first kappa shape index (κ1) is 17.8. The Balaban J connectivity index is 1.62. The van der Waals surface area contributed by atoms with Crippen molar-refractivity contribution in [1.29, 1.82) is 5.26 Å². The zero-order valence-electron chi connectivity index (χ0n) is 15.0. The predicted octanol–water partition coefficient (Wildman–Crippen LogP) is 2.19. The summed E-state index contributed by atoms with van der Waals surface area (Å²) < 4.78 is 20.7. The van der Waals surface area contributed by atoms with Crippen molar-refractivity contribution in [3.05, 3.63) is 41.9 Å². The van der Waals surface area contributed by atoms with Crippen LogP contribution in [0.5, 0.6) is 5.75 Å². The Kier molecular flexibility index (Phi) is 4.58. The van der Waals surface area contributed by atoms with Crippen molar-refractivity contribution in [2.45, 2.75) is 31.9 Å². The topological polar surface area (TPSA) is 138 Å². The molecule has 0 saturated heterocycles. The predicted molar refractivity (Wildman–Crippen MR) is 98.2 cm³/mol. The van der Waals surface area contributed by atoms with Gasteiger partial charge in [0.05, 0.1) is 35.5 Å². The zero-order valence-corrected chi connectivity index (χ0v) is 15.0. The summed E-state index contributed by atoms with van der Waals surface area (Å²) in [4.78, 5) is 12.1. The van der Waals surface area contributed by atoms with Crippen LogP contribution in [-0.2, 0) is 0 Å². The molecule has 4 rings (SSSR count). The first-order chi connectivity index (χ1) is 13.5. The number of ether oxygens (including phenoxy) is 1. The molecular weight excluding hydrogens is 363 g/mol. The summed E-state index contributed by atoms with van der Waals surface area (Å²) in [7, 11) is 0. The van der Waals surface area contributed by atoms with Crippen molar-refractivity contribution in [2.24, 2.45) is 5.73 Å². The number of anilines is 2. The Hall–Kier alpha value is -3.58. The fourth-order valence-corrected chi connectivity index (χ4v) is 2.81. The Bertz CT molecular complexity index is 1040. The van der Waals surface area contributed by atoms with E-state index in [-0.39, 0.29) is 29.1 Å². The van der Waals surface area contributed by atoms with Gasteiger partial charge >= 0.3 is 0 Å². The van der Waals surface area contributed by atoms with Gasteiger partial charge in [-0.05, 0) is 19.8 Å². The molecule has 3 heterocycles. The van der Waals surface area contributed by atoms with Crippen molar-refractivity contribution in [3.8, 4) is 23.1 Å². The molecule has 0 bridgehead atoms. The third-order valence-corrected chi connectivity index (χ3v) is 4.57. The fourth-order valence-electron chi connectivity index (χ4n) is 2.81. The Morgan fingerprint density at radius 2 is 2.11 bits per heavy atom. The highest BCUT2D eigenvalue weighted by atomic mass is 19.1. The highest BCUT2D eigenvalue weighted by molar-refractivity contribution is 5.71. The van der Waals surface area contributed by atoms with Crippen molar-refractivity contribution in [3.63, 3.8) is 0 Å². The van der Waals surface area contributed by atoms with E-state index in [2.05, 4.69) is 30.5 Å². The molecule has 2 atom stereocenters. The van der Waals surface area contributed by atoms with Gasteiger partial charge in [-0.2, -0.15) is 10.4 Å². The van der Waals surface area contributed by atoms with Gasteiger partial charge in [0.2, 0.25) is 0 Å². The standard InChI is InChI=1S/C18H17FN8O/c1-9-18(19)17(14(7-22-9)28-13-3-2-11(13)21)12-4-15(27-26-12)25-16-8-23-10(5-20)6-24-16/h4,6-8,11,13H,2-3,21H2,1H3,(H2,24,25,26,27)/t11-,13-/m1/s1. The molecule has 0 spiro atoms. The van der Waals surface area contributed by atoms with E-state index in [4.69, 9.17) is 15.7 Å². The van der Waals surface area contributed by atoms with Crippen LogP contribution < -0.4 is 15.8 Å². The number of nitriles is 1. The van der Waals surface area contributed by atoms with E-state index in [9.17, 15) is 4.39 Å². The second kappa shape index (κ2) is 7.21. The lowest BCUT2D eigenvalue weighted by Gasteiger charge is -2.34. The average Bonchev–Trinajstić information content (AvgIpc) is 3.16. The number of pyridine rings is 1. The van der Waals surface area contributed by atoms with Crippen LogP contribution in [0.1, 0.15) is 24.2 Å². The maximum absolute atomic E-state index is 14.8. The Labute approximate surface area is 159 Å². The Morgan fingerprint density at radius 3 is 2.75 bits per heavy atom. The van der Waals surface area contributed by atoms with Crippen LogP contribution in [-0.4, -0.2) is 37.3 Å². The molecule has 0 radical (unpaired) electrons. The van der Waals surface area contributed by atoms with Gasteiger partial charge < -0.3 is 15.8 Å². The van der Waals surface area contributed by atoms with Gasteiger partial charge in [-0.3, -0.25) is 10.1 Å². The van der Waals surface area contributed by atoms with Crippen LogP contribution in [0.25, 0.3) is 11.3 Å². The number of nitrogens with one attached hydrogen (secondary N) is 2. The fraction of sp³-hybridized carbons (Fsp3) is 0.278. The molecular formula is C18H17FN8O. The van der Waals surface area contributed by atoms with E-state index >= 15 is 0 Å². The maximum Gasteiger partial charge on any atom is 0.158 e. The van der Waals surface area contributed by atoms with Crippen molar-refractivity contribution >= 4 is 11.6 Å². The van der Waals surface area contributed by atoms with Crippen LogP contribution >= 0.6 is 0 Å². The number of aryl methyl sites for hydroxylation is 1. The quantitative estimate of drug-likeness (QED) is 0.612. The highest BCUT2D eigenvalue weighted by Gasteiger charge is 2.31. The molecule has 9 nitrogen and oxygen atoms in total. The van der Waals surface area contributed by atoms with Gasteiger partial charge in [0.25, 0.3) is 0 Å². The number of hydrogen-bond donors (Lipinski definition) is 3. The average molecular weight is 380 g/mol. The lowest BCUT2D eigenvalue weighted by molar-refractivity contribution is 0.0930. The van der Waals surface area contributed by atoms with Gasteiger partial charge in [-0.1, -0.05) is 0 Å². The molecule has 10 heteroatoms. The van der Waals surface area contributed by atoms with Crippen LogP contribution in [0.15, 0.2) is 24.7 Å². The van der Waals surface area contributed by atoms with E-state index in [0.717, 1.165) is 12.8 Å². The second-order valence-corrected chi connectivity index (χ2v) is 6.48.